The second kappa shape index (κ2) is 11.5. The van der Waals surface area contributed by atoms with E-state index < -0.39 is 0 Å². The Hall–Kier alpha value is -0.0800. The van der Waals surface area contributed by atoms with Crippen molar-refractivity contribution in [3.63, 3.8) is 0 Å². The van der Waals surface area contributed by atoms with E-state index in [0.717, 1.165) is 25.7 Å². The van der Waals surface area contributed by atoms with Gasteiger partial charge in [-0.15, -0.1) is 24.0 Å². The average molecular weight is 438 g/mol. The fraction of sp³-hybridized carbons (Fsp3) is 0.941. The van der Waals surface area contributed by atoms with Gasteiger partial charge in [0.2, 0.25) is 0 Å². The molecule has 0 spiro atoms. The van der Waals surface area contributed by atoms with Gasteiger partial charge in [-0.3, -0.25) is 9.89 Å². The lowest BCUT2D eigenvalue weighted by Crippen LogP contribution is -2.52. The molecule has 2 fully saturated rings. The molecule has 2 N–H and O–H groups in total. The van der Waals surface area contributed by atoms with Crippen LogP contribution < -0.4 is 10.6 Å². The molecule has 0 amide bonds. The van der Waals surface area contributed by atoms with Gasteiger partial charge in [0, 0.05) is 32.2 Å². The van der Waals surface area contributed by atoms with Crippen molar-refractivity contribution in [2.75, 3.05) is 33.3 Å². The van der Waals surface area contributed by atoms with Crippen LogP contribution in [-0.4, -0.2) is 62.3 Å². The van der Waals surface area contributed by atoms with E-state index in [2.05, 4.69) is 34.4 Å². The summed E-state index contributed by atoms with van der Waals surface area (Å²) in [5, 5.41) is 6.91. The molecule has 136 valence electrons. The first-order chi connectivity index (χ1) is 10.7. The largest absolute Gasteiger partial charge is 0.373 e. The maximum Gasteiger partial charge on any atom is 0.191 e. The minimum atomic E-state index is 0. The number of ether oxygens (including phenoxy) is 1. The predicted octanol–water partition coefficient (Wildman–Crippen LogP) is 2.60. The number of unbranched alkanes of at least 4 members (excludes halogenated alkanes) is 2. The first-order valence-electron chi connectivity index (χ1n) is 9.05. The molecule has 2 saturated heterocycles. The van der Waals surface area contributed by atoms with E-state index in [9.17, 15) is 0 Å². The van der Waals surface area contributed by atoms with Crippen molar-refractivity contribution in [2.45, 2.75) is 70.6 Å². The topological polar surface area (TPSA) is 48.9 Å². The van der Waals surface area contributed by atoms with Gasteiger partial charge < -0.3 is 15.4 Å². The Morgan fingerprint density at radius 3 is 2.96 bits per heavy atom. The van der Waals surface area contributed by atoms with E-state index in [1.807, 2.05) is 7.05 Å². The lowest BCUT2D eigenvalue weighted by Gasteiger charge is -2.35. The molecule has 5 nitrogen and oxygen atoms in total. The minimum absolute atomic E-state index is 0. The van der Waals surface area contributed by atoms with Gasteiger partial charge in [0.05, 0.1) is 12.7 Å². The second-order valence-electron chi connectivity index (χ2n) is 6.74. The molecule has 2 rings (SSSR count). The zero-order chi connectivity index (χ0) is 15.8. The normalized spacial score (nSPS) is 26.3. The van der Waals surface area contributed by atoms with Crippen LogP contribution in [0.1, 0.15) is 52.4 Å². The molecule has 23 heavy (non-hydrogen) atoms. The molecule has 3 unspecified atom stereocenters. The lowest BCUT2D eigenvalue weighted by molar-refractivity contribution is -0.0453. The summed E-state index contributed by atoms with van der Waals surface area (Å²) < 4.78 is 5.98. The number of rotatable bonds is 7. The van der Waals surface area contributed by atoms with Crippen LogP contribution >= 0.6 is 24.0 Å². The van der Waals surface area contributed by atoms with Crippen LogP contribution in [0.25, 0.3) is 0 Å². The highest BCUT2D eigenvalue weighted by atomic mass is 127. The average Bonchev–Trinajstić information content (AvgIpc) is 2.99. The number of nitrogens with one attached hydrogen (secondary N) is 2. The molecule has 3 atom stereocenters. The van der Waals surface area contributed by atoms with Gasteiger partial charge in [-0.25, -0.2) is 0 Å². The molecule has 0 saturated carbocycles. The van der Waals surface area contributed by atoms with Crippen LogP contribution in [0, 0.1) is 0 Å². The van der Waals surface area contributed by atoms with Crippen LogP contribution in [0.5, 0.6) is 0 Å². The van der Waals surface area contributed by atoms with Gasteiger partial charge in [0.15, 0.2) is 5.96 Å². The Bertz CT molecular complexity index is 353. The standard InChI is InChI=1S/C17H34N4O.HI/c1-4-5-6-8-14(2)20-17(18-3)19-11-16-12-21-10-7-9-15(21)13-22-16;/h14-16H,4-13H2,1-3H3,(H2,18,19,20);1H. The van der Waals surface area contributed by atoms with Crippen LogP contribution in [0.4, 0.5) is 0 Å². The van der Waals surface area contributed by atoms with E-state index in [1.54, 1.807) is 0 Å². The van der Waals surface area contributed by atoms with E-state index in [-0.39, 0.29) is 30.1 Å². The molecule has 0 radical (unpaired) electrons. The van der Waals surface area contributed by atoms with Crippen molar-refractivity contribution in [2.24, 2.45) is 4.99 Å². The number of hydrogen-bond acceptors (Lipinski definition) is 3. The van der Waals surface area contributed by atoms with Gasteiger partial charge >= 0.3 is 0 Å². The quantitative estimate of drug-likeness (QED) is 0.278. The number of morpholine rings is 1. The molecule has 2 aliphatic heterocycles. The van der Waals surface area contributed by atoms with Gasteiger partial charge in [-0.1, -0.05) is 26.2 Å². The fourth-order valence-electron chi connectivity index (χ4n) is 3.42. The van der Waals surface area contributed by atoms with Crippen molar-refractivity contribution in [1.29, 1.82) is 0 Å². The molecule has 6 heteroatoms. The summed E-state index contributed by atoms with van der Waals surface area (Å²) >= 11 is 0. The van der Waals surface area contributed by atoms with E-state index in [1.165, 1.54) is 45.1 Å². The molecule has 0 aliphatic carbocycles. The number of nitrogens with zero attached hydrogens (tertiary/aromatic N) is 2. The highest BCUT2D eigenvalue weighted by molar-refractivity contribution is 14.0. The summed E-state index contributed by atoms with van der Waals surface area (Å²) in [6, 6.07) is 1.14. The summed E-state index contributed by atoms with van der Waals surface area (Å²) in [7, 11) is 1.84. The number of guanidine groups is 1. The van der Waals surface area contributed by atoms with E-state index in [4.69, 9.17) is 4.74 Å². The SMILES string of the molecule is CCCCCC(C)NC(=NC)NCC1CN2CCCC2CO1.I. The first kappa shape index (κ1) is 21.0. The van der Waals surface area contributed by atoms with Crippen molar-refractivity contribution in [3.05, 3.63) is 0 Å². The monoisotopic (exact) mass is 438 g/mol. The summed E-state index contributed by atoms with van der Waals surface area (Å²) in [5.74, 6) is 0.899. The molecular formula is C17H35IN4O. The molecule has 0 aromatic heterocycles. The van der Waals surface area contributed by atoms with Gasteiger partial charge in [-0.05, 0) is 32.7 Å². The maximum absolute atomic E-state index is 5.98. The Morgan fingerprint density at radius 1 is 1.39 bits per heavy atom. The molecule has 0 aromatic carbocycles. The number of aliphatic imine (C=N–C) groups is 1. The van der Waals surface area contributed by atoms with Crippen molar-refractivity contribution in [1.82, 2.24) is 15.5 Å². The minimum Gasteiger partial charge on any atom is -0.373 e. The molecule has 0 bridgehead atoms. The van der Waals surface area contributed by atoms with Crippen molar-refractivity contribution in [3.8, 4) is 0 Å². The zero-order valence-corrected chi connectivity index (χ0v) is 17.3. The lowest BCUT2D eigenvalue weighted by atomic mass is 10.1. The predicted molar refractivity (Wildman–Crippen MR) is 108 cm³/mol. The summed E-state index contributed by atoms with van der Waals surface area (Å²) in [6.45, 7) is 8.51. The summed E-state index contributed by atoms with van der Waals surface area (Å²) in [6.07, 6.45) is 7.98. The van der Waals surface area contributed by atoms with Gasteiger partial charge in [0.1, 0.15) is 0 Å². The van der Waals surface area contributed by atoms with E-state index >= 15 is 0 Å². The second-order valence-corrected chi connectivity index (χ2v) is 6.74. The molecular weight excluding hydrogens is 403 g/mol. The van der Waals surface area contributed by atoms with Gasteiger partial charge in [-0.2, -0.15) is 0 Å². The summed E-state index contributed by atoms with van der Waals surface area (Å²) in [5.41, 5.74) is 0. The van der Waals surface area contributed by atoms with Crippen LogP contribution in [0.3, 0.4) is 0 Å². The third-order valence-electron chi connectivity index (χ3n) is 4.81. The fourth-order valence-corrected chi connectivity index (χ4v) is 3.42. The van der Waals surface area contributed by atoms with Gasteiger partial charge in [0.25, 0.3) is 0 Å². The van der Waals surface area contributed by atoms with Crippen molar-refractivity contribution < 1.29 is 4.74 Å². The zero-order valence-electron chi connectivity index (χ0n) is 15.0. The highest BCUT2D eigenvalue weighted by Crippen LogP contribution is 2.22. The van der Waals surface area contributed by atoms with Crippen LogP contribution in [0.15, 0.2) is 4.99 Å². The highest BCUT2D eigenvalue weighted by Gasteiger charge is 2.32. The third-order valence-corrected chi connectivity index (χ3v) is 4.81. The Kier molecular flexibility index (Phi) is 10.5. The smallest absolute Gasteiger partial charge is 0.191 e. The van der Waals surface area contributed by atoms with Crippen molar-refractivity contribution >= 4 is 29.9 Å². The number of hydrogen-bond donors (Lipinski definition) is 2. The summed E-state index contributed by atoms with van der Waals surface area (Å²) in [4.78, 5) is 6.92. The Labute approximate surface area is 159 Å². The first-order valence-corrected chi connectivity index (χ1v) is 9.05. The maximum atomic E-state index is 5.98. The Morgan fingerprint density at radius 2 is 2.22 bits per heavy atom. The van der Waals surface area contributed by atoms with Crippen LogP contribution in [0.2, 0.25) is 0 Å². The van der Waals surface area contributed by atoms with Crippen LogP contribution in [-0.2, 0) is 4.74 Å². The number of fused-ring (bicyclic) bond motifs is 1. The molecule has 2 heterocycles. The third kappa shape index (κ3) is 7.13. The van der Waals surface area contributed by atoms with E-state index in [0.29, 0.717) is 12.1 Å². The molecule has 2 aliphatic rings. The Balaban J connectivity index is 0.00000264. The molecule has 0 aromatic rings. The number of halogens is 1.